The van der Waals surface area contributed by atoms with Crippen molar-refractivity contribution in [2.24, 2.45) is 7.05 Å². The van der Waals surface area contributed by atoms with E-state index in [1.54, 1.807) is 20.0 Å². The highest BCUT2D eigenvalue weighted by Crippen LogP contribution is 2.25. The summed E-state index contributed by atoms with van der Waals surface area (Å²) in [7, 11) is 1.57. The van der Waals surface area contributed by atoms with Crippen molar-refractivity contribution >= 4 is 5.78 Å². The summed E-state index contributed by atoms with van der Waals surface area (Å²) in [6.07, 6.45) is -0.951. The van der Waals surface area contributed by atoms with Crippen molar-refractivity contribution in [3.05, 3.63) is 64.5 Å². The van der Waals surface area contributed by atoms with Gasteiger partial charge in [0.15, 0.2) is 0 Å². The molecule has 7 nitrogen and oxygen atoms in total. The van der Waals surface area contributed by atoms with E-state index in [0.29, 0.717) is 16.9 Å². The van der Waals surface area contributed by atoms with Crippen molar-refractivity contribution in [1.29, 1.82) is 5.26 Å². The van der Waals surface area contributed by atoms with E-state index in [1.807, 2.05) is 6.07 Å². The Bertz CT molecular complexity index is 1040. The Morgan fingerprint density at radius 2 is 2.04 bits per heavy atom. The molecule has 1 aromatic carbocycles. The van der Waals surface area contributed by atoms with Crippen LogP contribution in [0.5, 0.6) is 0 Å². The lowest BCUT2D eigenvalue weighted by molar-refractivity contribution is 0.102. The van der Waals surface area contributed by atoms with Gasteiger partial charge in [0.05, 0.1) is 17.5 Å². The highest BCUT2D eigenvalue weighted by atomic mass is 19.1. The smallest absolute Gasteiger partial charge is 0.231 e. The highest BCUT2D eigenvalue weighted by molar-refractivity contribution is 6.07. The minimum absolute atomic E-state index is 0.103. The van der Waals surface area contributed by atoms with E-state index >= 15 is 0 Å². The average molecular weight is 353 g/mol. The number of hydrogen-bond donors (Lipinski definition) is 1. The van der Waals surface area contributed by atoms with E-state index < -0.39 is 17.7 Å². The number of hydrogen-bond acceptors (Lipinski definition) is 5. The zero-order valence-electron chi connectivity index (χ0n) is 14.4. The Labute approximate surface area is 148 Å². The molecule has 0 saturated carbocycles. The zero-order valence-corrected chi connectivity index (χ0v) is 14.4. The quantitative estimate of drug-likeness (QED) is 0.725. The molecule has 0 saturated heterocycles. The van der Waals surface area contributed by atoms with Crippen molar-refractivity contribution < 1.29 is 14.3 Å². The lowest BCUT2D eigenvalue weighted by atomic mass is 10.1. The van der Waals surface area contributed by atoms with E-state index in [9.17, 15) is 14.3 Å². The standard InChI is InChI=1S/C18H16FN5O2/c1-10-6-17(18(26)15-8-13(9-20)23(3)22-15)24(21-10)16-5-4-12(19)7-14(16)11(2)25/h4-8,11,25H,1-3H3. The highest BCUT2D eigenvalue weighted by Gasteiger charge is 2.23. The predicted octanol–water partition coefficient (Wildman–Crippen LogP) is 2.21. The second kappa shape index (κ2) is 6.54. The van der Waals surface area contributed by atoms with Crippen LogP contribution in [0.3, 0.4) is 0 Å². The van der Waals surface area contributed by atoms with Crippen molar-refractivity contribution in [2.45, 2.75) is 20.0 Å². The van der Waals surface area contributed by atoms with Gasteiger partial charge < -0.3 is 5.11 Å². The van der Waals surface area contributed by atoms with Gasteiger partial charge in [-0.1, -0.05) is 0 Å². The van der Waals surface area contributed by atoms with Gasteiger partial charge >= 0.3 is 0 Å². The van der Waals surface area contributed by atoms with Gasteiger partial charge in [0.25, 0.3) is 0 Å². The summed E-state index contributed by atoms with van der Waals surface area (Å²) in [5.74, 6) is -0.923. The molecule has 1 unspecified atom stereocenters. The molecule has 0 amide bonds. The topological polar surface area (TPSA) is 96.7 Å². The molecule has 0 aliphatic heterocycles. The molecular formula is C18H16FN5O2. The Balaban J connectivity index is 2.15. The molecule has 132 valence electrons. The molecule has 2 heterocycles. The number of nitrogens with zero attached hydrogens (tertiary/aromatic N) is 5. The Kier molecular flexibility index (Phi) is 4.40. The molecule has 3 aromatic rings. The van der Waals surface area contributed by atoms with E-state index in [0.717, 1.165) is 0 Å². The molecule has 0 spiro atoms. The molecule has 3 rings (SSSR count). The molecular weight excluding hydrogens is 337 g/mol. The number of carbonyl (C=O) groups excluding carboxylic acids is 1. The van der Waals surface area contributed by atoms with E-state index in [2.05, 4.69) is 10.2 Å². The van der Waals surface area contributed by atoms with Crippen LogP contribution in [0.2, 0.25) is 0 Å². The monoisotopic (exact) mass is 353 g/mol. The van der Waals surface area contributed by atoms with Crippen LogP contribution in [0.25, 0.3) is 5.69 Å². The molecule has 26 heavy (non-hydrogen) atoms. The number of rotatable bonds is 4. The lowest BCUT2D eigenvalue weighted by Gasteiger charge is -2.14. The van der Waals surface area contributed by atoms with Crippen LogP contribution in [0.4, 0.5) is 4.39 Å². The van der Waals surface area contributed by atoms with Crippen molar-refractivity contribution in [1.82, 2.24) is 19.6 Å². The van der Waals surface area contributed by atoms with Crippen molar-refractivity contribution in [3.8, 4) is 11.8 Å². The first kappa shape index (κ1) is 17.5. The fourth-order valence-corrected chi connectivity index (χ4v) is 2.71. The number of nitriles is 1. The number of aliphatic hydroxyl groups is 1. The Hall–Kier alpha value is -3.31. The number of benzene rings is 1. The summed E-state index contributed by atoms with van der Waals surface area (Å²) in [5, 5.41) is 27.4. The SMILES string of the molecule is Cc1cc(C(=O)c2cc(C#N)n(C)n2)n(-c2ccc(F)cc2C(C)O)n1. The van der Waals surface area contributed by atoms with Crippen LogP contribution < -0.4 is 0 Å². The van der Waals surface area contributed by atoms with Gasteiger partial charge in [-0.3, -0.25) is 9.48 Å². The molecule has 0 bridgehead atoms. The van der Waals surface area contributed by atoms with E-state index in [1.165, 1.54) is 40.6 Å². The first-order chi connectivity index (χ1) is 12.3. The summed E-state index contributed by atoms with van der Waals surface area (Å²) >= 11 is 0. The van der Waals surface area contributed by atoms with Crippen LogP contribution in [-0.4, -0.2) is 30.5 Å². The second-order valence-corrected chi connectivity index (χ2v) is 5.94. The third-order valence-corrected chi connectivity index (χ3v) is 3.96. The van der Waals surface area contributed by atoms with E-state index in [4.69, 9.17) is 5.26 Å². The molecule has 0 radical (unpaired) electrons. The number of aliphatic hydroxyl groups excluding tert-OH is 1. The van der Waals surface area contributed by atoms with Crippen LogP contribution in [0.1, 0.15) is 46.2 Å². The summed E-state index contributed by atoms with van der Waals surface area (Å²) in [4.78, 5) is 12.9. The first-order valence-corrected chi connectivity index (χ1v) is 7.85. The average Bonchev–Trinajstić information content (AvgIpc) is 3.16. The second-order valence-electron chi connectivity index (χ2n) is 5.94. The minimum Gasteiger partial charge on any atom is -0.389 e. The molecule has 0 fully saturated rings. The number of aryl methyl sites for hydroxylation is 2. The maximum Gasteiger partial charge on any atom is 0.231 e. The largest absolute Gasteiger partial charge is 0.389 e. The van der Waals surface area contributed by atoms with Gasteiger partial charge in [0.1, 0.15) is 29.0 Å². The number of carbonyl (C=O) groups is 1. The van der Waals surface area contributed by atoms with Crippen LogP contribution in [0, 0.1) is 24.1 Å². The van der Waals surface area contributed by atoms with Gasteiger partial charge in [-0.05, 0) is 38.1 Å². The van der Waals surface area contributed by atoms with Crippen molar-refractivity contribution in [2.75, 3.05) is 0 Å². The van der Waals surface area contributed by atoms with Gasteiger partial charge in [-0.2, -0.15) is 15.5 Å². The fraction of sp³-hybridized carbons (Fsp3) is 0.222. The van der Waals surface area contributed by atoms with E-state index in [-0.39, 0.29) is 17.1 Å². The summed E-state index contributed by atoms with van der Waals surface area (Å²) in [5.41, 5.74) is 1.84. The molecule has 1 N–H and O–H groups in total. The van der Waals surface area contributed by atoms with Crippen LogP contribution >= 0.6 is 0 Å². The normalized spacial score (nSPS) is 12.0. The first-order valence-electron chi connectivity index (χ1n) is 7.85. The minimum atomic E-state index is -0.951. The van der Waals surface area contributed by atoms with Gasteiger partial charge in [-0.15, -0.1) is 0 Å². The summed E-state index contributed by atoms with van der Waals surface area (Å²) in [6.45, 7) is 3.23. The molecule has 1 atom stereocenters. The summed E-state index contributed by atoms with van der Waals surface area (Å²) in [6, 6.07) is 8.84. The lowest BCUT2D eigenvalue weighted by Crippen LogP contribution is -2.13. The van der Waals surface area contributed by atoms with Crippen LogP contribution in [0.15, 0.2) is 30.3 Å². The molecule has 0 aliphatic rings. The number of ketones is 1. The maximum atomic E-state index is 13.6. The van der Waals surface area contributed by atoms with Gasteiger partial charge in [0, 0.05) is 18.7 Å². The number of halogens is 1. The van der Waals surface area contributed by atoms with Crippen molar-refractivity contribution in [3.63, 3.8) is 0 Å². The summed E-state index contributed by atoms with van der Waals surface area (Å²) < 4.78 is 16.3. The van der Waals surface area contributed by atoms with Gasteiger partial charge in [-0.25, -0.2) is 9.07 Å². The maximum absolute atomic E-state index is 13.6. The Morgan fingerprint density at radius 3 is 2.65 bits per heavy atom. The third-order valence-electron chi connectivity index (χ3n) is 3.96. The molecule has 0 aliphatic carbocycles. The molecule has 2 aromatic heterocycles. The third kappa shape index (κ3) is 3.00. The fourth-order valence-electron chi connectivity index (χ4n) is 2.71. The number of aromatic nitrogens is 4. The van der Waals surface area contributed by atoms with Gasteiger partial charge in [0.2, 0.25) is 5.78 Å². The Morgan fingerprint density at radius 1 is 1.31 bits per heavy atom. The molecule has 8 heteroatoms. The van der Waals surface area contributed by atoms with Crippen LogP contribution in [-0.2, 0) is 7.05 Å². The predicted molar refractivity (Wildman–Crippen MR) is 90.2 cm³/mol. The zero-order chi connectivity index (χ0) is 19.0.